The van der Waals surface area contributed by atoms with Crippen LogP contribution < -0.4 is 10.5 Å². The fraction of sp³-hybridized carbons (Fsp3) is 0.500. The summed E-state index contributed by atoms with van der Waals surface area (Å²) in [4.78, 5) is 11.9. The number of phenolic OH excluding ortho intramolecular Hbond substituents is 1. The Balaban J connectivity index is 2.39. The molecule has 0 saturated heterocycles. The summed E-state index contributed by atoms with van der Waals surface area (Å²) in [6.45, 7) is 1.83. The molecular weight excluding hydrogens is 284 g/mol. The van der Waals surface area contributed by atoms with E-state index in [4.69, 9.17) is 20.5 Å². The lowest BCUT2D eigenvalue weighted by molar-refractivity contribution is 0.0521. The molecule has 0 aliphatic heterocycles. The van der Waals surface area contributed by atoms with Gasteiger partial charge in [-0.2, -0.15) is 5.26 Å². The van der Waals surface area contributed by atoms with E-state index >= 15 is 0 Å². The summed E-state index contributed by atoms with van der Waals surface area (Å²) in [6, 6.07) is 3.15. The molecule has 0 amide bonds. The van der Waals surface area contributed by atoms with Gasteiger partial charge in [-0.25, -0.2) is 4.79 Å². The second kappa shape index (κ2) is 7.03. The van der Waals surface area contributed by atoms with E-state index in [0.29, 0.717) is 0 Å². The molecule has 1 aromatic rings. The number of ether oxygens (including phenoxy) is 2. The van der Waals surface area contributed by atoms with Gasteiger partial charge >= 0.3 is 5.97 Å². The van der Waals surface area contributed by atoms with Crippen molar-refractivity contribution in [3.8, 4) is 17.6 Å². The first-order valence-corrected chi connectivity index (χ1v) is 7.47. The van der Waals surface area contributed by atoms with Gasteiger partial charge in [0.15, 0.2) is 11.5 Å². The molecular formula is C16H20N2O4. The zero-order valence-corrected chi connectivity index (χ0v) is 12.6. The van der Waals surface area contributed by atoms with Gasteiger partial charge in [0, 0.05) is 0 Å². The zero-order chi connectivity index (χ0) is 16.1. The summed E-state index contributed by atoms with van der Waals surface area (Å²) in [5.74, 6) is -1.06. The number of carbonyl (C=O) groups excluding carboxylic acids is 1. The molecule has 0 aromatic heterocycles. The van der Waals surface area contributed by atoms with E-state index in [0.717, 1.165) is 32.1 Å². The Morgan fingerprint density at radius 3 is 2.73 bits per heavy atom. The van der Waals surface area contributed by atoms with Crippen LogP contribution in [-0.4, -0.2) is 23.8 Å². The number of rotatable bonds is 4. The third kappa shape index (κ3) is 3.25. The first kappa shape index (κ1) is 16.0. The highest BCUT2D eigenvalue weighted by molar-refractivity contribution is 5.95. The molecule has 1 fully saturated rings. The van der Waals surface area contributed by atoms with Crippen LogP contribution in [0.5, 0.6) is 11.5 Å². The van der Waals surface area contributed by atoms with Gasteiger partial charge in [-0.1, -0.05) is 6.42 Å². The molecule has 118 valence electrons. The number of carbonyl (C=O) groups is 1. The predicted molar refractivity (Wildman–Crippen MR) is 80.7 cm³/mol. The standard InChI is InChI=1S/C16H20N2O4/c1-2-21-16(20)12-8-10(9-17)13(18)15(14(12)19)22-11-6-4-3-5-7-11/h8,11,19H,2-7,18H2,1H3. The van der Waals surface area contributed by atoms with Crippen LogP contribution in [-0.2, 0) is 4.74 Å². The molecule has 3 N–H and O–H groups in total. The number of phenols is 1. The van der Waals surface area contributed by atoms with Crippen molar-refractivity contribution >= 4 is 11.7 Å². The summed E-state index contributed by atoms with van der Waals surface area (Å²) in [5, 5.41) is 19.5. The van der Waals surface area contributed by atoms with E-state index in [1.165, 1.54) is 6.07 Å². The quantitative estimate of drug-likeness (QED) is 0.654. The predicted octanol–water partition coefficient (Wildman–Crippen LogP) is 2.73. The number of benzene rings is 1. The molecule has 0 atom stereocenters. The van der Waals surface area contributed by atoms with Crippen LogP contribution >= 0.6 is 0 Å². The fourth-order valence-electron chi connectivity index (χ4n) is 2.59. The van der Waals surface area contributed by atoms with Crippen LogP contribution in [0.25, 0.3) is 0 Å². The minimum Gasteiger partial charge on any atom is -0.504 e. The lowest BCUT2D eigenvalue weighted by atomic mass is 9.97. The van der Waals surface area contributed by atoms with E-state index in [2.05, 4.69) is 0 Å². The molecule has 1 aliphatic rings. The maximum absolute atomic E-state index is 11.9. The second-order valence-corrected chi connectivity index (χ2v) is 5.27. The van der Waals surface area contributed by atoms with E-state index in [1.54, 1.807) is 6.92 Å². The summed E-state index contributed by atoms with van der Waals surface area (Å²) >= 11 is 0. The molecule has 1 aromatic carbocycles. The van der Waals surface area contributed by atoms with Crippen molar-refractivity contribution in [2.75, 3.05) is 12.3 Å². The maximum Gasteiger partial charge on any atom is 0.342 e. The van der Waals surface area contributed by atoms with Crippen molar-refractivity contribution < 1.29 is 19.4 Å². The Morgan fingerprint density at radius 2 is 2.14 bits per heavy atom. The molecule has 0 radical (unpaired) electrons. The highest BCUT2D eigenvalue weighted by Gasteiger charge is 2.25. The van der Waals surface area contributed by atoms with E-state index in [1.807, 2.05) is 6.07 Å². The number of anilines is 1. The van der Waals surface area contributed by atoms with Gasteiger partial charge in [-0.15, -0.1) is 0 Å². The van der Waals surface area contributed by atoms with Crippen molar-refractivity contribution in [3.63, 3.8) is 0 Å². The number of nitrogens with zero attached hydrogens (tertiary/aromatic N) is 1. The minimum atomic E-state index is -0.704. The Kier molecular flexibility index (Phi) is 5.10. The van der Waals surface area contributed by atoms with Gasteiger partial charge in [0.2, 0.25) is 0 Å². The van der Waals surface area contributed by atoms with E-state index in [9.17, 15) is 9.90 Å². The van der Waals surface area contributed by atoms with Gasteiger partial charge in [0.1, 0.15) is 11.6 Å². The van der Waals surface area contributed by atoms with Gasteiger partial charge in [-0.05, 0) is 38.7 Å². The maximum atomic E-state index is 11.9. The van der Waals surface area contributed by atoms with Crippen molar-refractivity contribution in [2.45, 2.75) is 45.1 Å². The Labute approximate surface area is 129 Å². The normalized spacial score (nSPS) is 15.1. The van der Waals surface area contributed by atoms with Crippen LogP contribution in [0, 0.1) is 11.3 Å². The van der Waals surface area contributed by atoms with Crippen LogP contribution in [0.4, 0.5) is 5.69 Å². The third-order valence-corrected chi connectivity index (χ3v) is 3.75. The highest BCUT2D eigenvalue weighted by Crippen LogP contribution is 2.40. The summed E-state index contributed by atoms with van der Waals surface area (Å²) in [6.07, 6.45) is 4.93. The SMILES string of the molecule is CCOC(=O)c1cc(C#N)c(N)c(OC2CCCCC2)c1O. The van der Waals surface area contributed by atoms with Gasteiger partial charge in [-0.3, -0.25) is 0 Å². The smallest absolute Gasteiger partial charge is 0.342 e. The number of aromatic hydroxyl groups is 1. The second-order valence-electron chi connectivity index (χ2n) is 5.27. The summed E-state index contributed by atoms with van der Waals surface area (Å²) < 4.78 is 10.7. The number of nitriles is 1. The van der Waals surface area contributed by atoms with Crippen molar-refractivity contribution in [2.24, 2.45) is 0 Å². The molecule has 6 nitrogen and oxygen atoms in total. The van der Waals surface area contributed by atoms with Gasteiger partial charge < -0.3 is 20.3 Å². The molecule has 22 heavy (non-hydrogen) atoms. The van der Waals surface area contributed by atoms with Crippen LogP contribution in [0.15, 0.2) is 6.07 Å². The van der Waals surface area contributed by atoms with Crippen molar-refractivity contribution in [1.29, 1.82) is 5.26 Å². The average Bonchev–Trinajstić information content (AvgIpc) is 2.53. The zero-order valence-electron chi connectivity index (χ0n) is 12.6. The Bertz CT molecular complexity index is 601. The first-order chi connectivity index (χ1) is 10.6. The molecule has 0 bridgehead atoms. The summed E-state index contributed by atoms with van der Waals surface area (Å²) in [7, 11) is 0. The fourth-order valence-corrected chi connectivity index (χ4v) is 2.59. The van der Waals surface area contributed by atoms with Crippen molar-refractivity contribution in [1.82, 2.24) is 0 Å². The number of nitrogens with two attached hydrogens (primary N) is 1. The number of hydrogen-bond acceptors (Lipinski definition) is 6. The minimum absolute atomic E-state index is 0.00834. The lowest BCUT2D eigenvalue weighted by Gasteiger charge is -2.24. The largest absolute Gasteiger partial charge is 0.504 e. The summed E-state index contributed by atoms with van der Waals surface area (Å²) in [5.41, 5.74) is 5.94. The van der Waals surface area contributed by atoms with Crippen LogP contribution in [0.2, 0.25) is 0 Å². The molecule has 6 heteroatoms. The number of nitrogen functional groups attached to an aromatic ring is 1. The molecule has 0 spiro atoms. The number of esters is 1. The molecule has 0 unspecified atom stereocenters. The third-order valence-electron chi connectivity index (χ3n) is 3.75. The highest BCUT2D eigenvalue weighted by atomic mass is 16.5. The van der Waals surface area contributed by atoms with Crippen LogP contribution in [0.3, 0.4) is 0 Å². The monoisotopic (exact) mass is 304 g/mol. The topological polar surface area (TPSA) is 106 Å². The van der Waals surface area contributed by atoms with Gasteiger partial charge in [0.05, 0.1) is 24.0 Å². The lowest BCUT2D eigenvalue weighted by Crippen LogP contribution is -2.21. The van der Waals surface area contributed by atoms with E-state index < -0.39 is 5.97 Å². The number of hydrogen-bond donors (Lipinski definition) is 2. The molecule has 2 rings (SSSR count). The van der Waals surface area contributed by atoms with Crippen molar-refractivity contribution in [3.05, 3.63) is 17.2 Å². The average molecular weight is 304 g/mol. The molecule has 1 saturated carbocycles. The van der Waals surface area contributed by atoms with E-state index in [-0.39, 0.29) is 41.0 Å². The molecule has 0 heterocycles. The Hall–Kier alpha value is -2.42. The van der Waals surface area contributed by atoms with Crippen LogP contribution in [0.1, 0.15) is 54.9 Å². The first-order valence-electron chi connectivity index (χ1n) is 7.47. The van der Waals surface area contributed by atoms with Gasteiger partial charge in [0.25, 0.3) is 0 Å². The molecule has 1 aliphatic carbocycles. The Morgan fingerprint density at radius 1 is 1.45 bits per heavy atom.